The standard InChI is InChI=1S/C27H29NO5/c1-5-27(26(30)31,33-22-12-7-6-8-13-22)28-25(29)23-14-15-24(20(4)19(23)3)32-17-21-11-9-10-18(2)16-21/h6-16H,5,17H2,1-4H3,(H,28,29)(H,30,31). The van der Waals surface area contributed by atoms with E-state index in [-0.39, 0.29) is 6.42 Å². The van der Waals surface area contributed by atoms with Crippen molar-refractivity contribution in [2.75, 3.05) is 0 Å². The van der Waals surface area contributed by atoms with Gasteiger partial charge in [-0.25, -0.2) is 4.79 Å². The molecule has 0 aromatic heterocycles. The fraction of sp³-hybridized carbons (Fsp3) is 0.259. The summed E-state index contributed by atoms with van der Waals surface area (Å²) in [5.74, 6) is -0.767. The summed E-state index contributed by atoms with van der Waals surface area (Å²) in [5, 5.41) is 12.5. The normalized spacial score (nSPS) is 12.5. The molecule has 6 heteroatoms. The van der Waals surface area contributed by atoms with Crippen LogP contribution in [0.3, 0.4) is 0 Å². The molecule has 1 atom stereocenters. The molecule has 2 N–H and O–H groups in total. The van der Waals surface area contributed by atoms with Gasteiger partial charge in [0.25, 0.3) is 11.6 Å². The Hall–Kier alpha value is -3.80. The highest BCUT2D eigenvalue weighted by Crippen LogP contribution is 2.27. The van der Waals surface area contributed by atoms with Gasteiger partial charge in [-0.2, -0.15) is 0 Å². The number of aliphatic carboxylic acids is 1. The van der Waals surface area contributed by atoms with Crippen LogP contribution in [0.4, 0.5) is 0 Å². The second-order valence-corrected chi connectivity index (χ2v) is 7.99. The molecule has 3 aromatic rings. The molecule has 0 spiro atoms. The molecule has 3 rings (SSSR count). The van der Waals surface area contributed by atoms with Crippen LogP contribution in [0, 0.1) is 20.8 Å². The molecule has 1 amide bonds. The van der Waals surface area contributed by atoms with E-state index in [0.29, 0.717) is 29.2 Å². The van der Waals surface area contributed by atoms with Crippen molar-refractivity contribution in [1.82, 2.24) is 5.32 Å². The van der Waals surface area contributed by atoms with Crippen LogP contribution in [0.5, 0.6) is 11.5 Å². The van der Waals surface area contributed by atoms with Crippen LogP contribution < -0.4 is 14.8 Å². The van der Waals surface area contributed by atoms with Crippen LogP contribution in [0.15, 0.2) is 66.7 Å². The van der Waals surface area contributed by atoms with Crippen LogP contribution >= 0.6 is 0 Å². The lowest BCUT2D eigenvalue weighted by atomic mass is 10.0. The number of hydrogen-bond donors (Lipinski definition) is 2. The summed E-state index contributed by atoms with van der Waals surface area (Å²) in [4.78, 5) is 25.2. The van der Waals surface area contributed by atoms with Gasteiger partial charge in [0.2, 0.25) is 0 Å². The number of benzene rings is 3. The summed E-state index contributed by atoms with van der Waals surface area (Å²) in [6.45, 7) is 7.79. The Morgan fingerprint density at radius 3 is 2.30 bits per heavy atom. The molecule has 1 unspecified atom stereocenters. The molecular weight excluding hydrogens is 418 g/mol. The van der Waals surface area contributed by atoms with E-state index in [0.717, 1.165) is 16.7 Å². The van der Waals surface area contributed by atoms with Gasteiger partial charge in [-0.15, -0.1) is 0 Å². The smallest absolute Gasteiger partial charge is 0.370 e. The average Bonchev–Trinajstić information content (AvgIpc) is 2.80. The highest BCUT2D eigenvalue weighted by Gasteiger charge is 2.41. The molecule has 0 saturated heterocycles. The Balaban J connectivity index is 1.80. The van der Waals surface area contributed by atoms with Crippen LogP contribution in [-0.4, -0.2) is 22.7 Å². The van der Waals surface area contributed by atoms with E-state index in [1.165, 1.54) is 0 Å². The maximum absolute atomic E-state index is 13.1. The Bertz CT molecular complexity index is 1140. The van der Waals surface area contributed by atoms with E-state index in [1.54, 1.807) is 49.4 Å². The molecule has 0 heterocycles. The fourth-order valence-electron chi connectivity index (χ4n) is 3.54. The first kappa shape index (κ1) is 23.9. The number of aryl methyl sites for hydroxylation is 1. The van der Waals surface area contributed by atoms with E-state index in [2.05, 4.69) is 11.4 Å². The van der Waals surface area contributed by atoms with Crippen molar-refractivity contribution in [3.05, 3.63) is 94.5 Å². The summed E-state index contributed by atoms with van der Waals surface area (Å²) in [6.07, 6.45) is 0.0404. The van der Waals surface area contributed by atoms with Crippen LogP contribution in [0.25, 0.3) is 0 Å². The molecule has 0 saturated carbocycles. The fourth-order valence-corrected chi connectivity index (χ4v) is 3.54. The number of para-hydroxylation sites is 1. The molecular formula is C27H29NO5. The molecule has 172 valence electrons. The highest BCUT2D eigenvalue weighted by atomic mass is 16.5. The summed E-state index contributed by atoms with van der Waals surface area (Å²) < 4.78 is 11.7. The van der Waals surface area contributed by atoms with Gasteiger partial charge in [0.15, 0.2) is 0 Å². The van der Waals surface area contributed by atoms with Crippen molar-refractivity contribution in [1.29, 1.82) is 0 Å². The Kier molecular flexibility index (Phi) is 7.38. The molecule has 6 nitrogen and oxygen atoms in total. The number of amides is 1. The van der Waals surface area contributed by atoms with E-state index in [1.807, 2.05) is 39.0 Å². The first-order valence-electron chi connectivity index (χ1n) is 10.8. The third kappa shape index (κ3) is 5.52. The summed E-state index contributed by atoms with van der Waals surface area (Å²) >= 11 is 0. The van der Waals surface area contributed by atoms with Gasteiger partial charge in [0.1, 0.15) is 18.1 Å². The number of carboxylic acid groups (broad SMARTS) is 1. The molecule has 0 aliphatic rings. The zero-order chi connectivity index (χ0) is 24.0. The van der Waals surface area contributed by atoms with Crippen molar-refractivity contribution in [3.8, 4) is 11.5 Å². The van der Waals surface area contributed by atoms with Gasteiger partial charge in [-0.05, 0) is 61.7 Å². The topological polar surface area (TPSA) is 84.9 Å². The number of carboxylic acids is 1. The molecule has 33 heavy (non-hydrogen) atoms. The van der Waals surface area contributed by atoms with Gasteiger partial charge < -0.3 is 19.9 Å². The van der Waals surface area contributed by atoms with Gasteiger partial charge in [0.05, 0.1) is 0 Å². The minimum absolute atomic E-state index is 0.0404. The van der Waals surface area contributed by atoms with E-state index in [4.69, 9.17) is 9.47 Å². The van der Waals surface area contributed by atoms with Crippen molar-refractivity contribution in [2.24, 2.45) is 0 Å². The molecule has 0 aliphatic carbocycles. The average molecular weight is 448 g/mol. The van der Waals surface area contributed by atoms with Gasteiger partial charge in [-0.1, -0.05) is 55.0 Å². The molecule has 0 aliphatic heterocycles. The van der Waals surface area contributed by atoms with Gasteiger partial charge in [-0.3, -0.25) is 4.79 Å². The first-order chi connectivity index (χ1) is 15.8. The first-order valence-corrected chi connectivity index (χ1v) is 10.8. The molecule has 3 aromatic carbocycles. The number of carbonyl (C=O) groups excluding carboxylic acids is 1. The highest BCUT2D eigenvalue weighted by molar-refractivity contribution is 5.99. The number of ether oxygens (including phenoxy) is 2. The SMILES string of the molecule is CCC(NC(=O)c1ccc(OCc2cccc(C)c2)c(C)c1C)(Oc1ccccc1)C(=O)O. The quantitative estimate of drug-likeness (QED) is 0.441. The van der Waals surface area contributed by atoms with Crippen LogP contribution in [-0.2, 0) is 11.4 Å². The zero-order valence-corrected chi connectivity index (χ0v) is 19.3. The number of hydrogen-bond acceptors (Lipinski definition) is 4. The summed E-state index contributed by atoms with van der Waals surface area (Å²) in [5.41, 5.74) is 2.22. The minimum atomic E-state index is -1.89. The second kappa shape index (κ2) is 10.2. The van der Waals surface area contributed by atoms with Crippen molar-refractivity contribution < 1.29 is 24.2 Å². The van der Waals surface area contributed by atoms with Crippen molar-refractivity contribution >= 4 is 11.9 Å². The minimum Gasteiger partial charge on any atom is -0.489 e. The lowest BCUT2D eigenvalue weighted by Crippen LogP contribution is -2.58. The largest absolute Gasteiger partial charge is 0.489 e. The second-order valence-electron chi connectivity index (χ2n) is 7.99. The van der Waals surface area contributed by atoms with E-state index < -0.39 is 17.6 Å². The Morgan fingerprint density at radius 1 is 0.939 bits per heavy atom. The summed E-state index contributed by atoms with van der Waals surface area (Å²) in [7, 11) is 0. The van der Waals surface area contributed by atoms with Gasteiger partial charge >= 0.3 is 5.97 Å². The third-order valence-electron chi connectivity index (χ3n) is 5.65. The predicted octanol–water partition coefficient (Wildman–Crippen LogP) is 5.19. The summed E-state index contributed by atoms with van der Waals surface area (Å²) in [6, 6.07) is 20.0. The lowest BCUT2D eigenvalue weighted by molar-refractivity contribution is -0.158. The van der Waals surface area contributed by atoms with Crippen molar-refractivity contribution in [3.63, 3.8) is 0 Å². The Labute approximate surface area is 194 Å². The molecule has 0 fully saturated rings. The molecule has 0 bridgehead atoms. The van der Waals surface area contributed by atoms with E-state index in [9.17, 15) is 14.7 Å². The van der Waals surface area contributed by atoms with Crippen LogP contribution in [0.1, 0.15) is 46.0 Å². The lowest BCUT2D eigenvalue weighted by Gasteiger charge is -2.30. The number of nitrogens with one attached hydrogen (secondary N) is 1. The molecule has 0 radical (unpaired) electrons. The zero-order valence-electron chi connectivity index (χ0n) is 19.3. The number of carbonyl (C=O) groups is 2. The van der Waals surface area contributed by atoms with Gasteiger partial charge in [0, 0.05) is 12.0 Å². The predicted molar refractivity (Wildman–Crippen MR) is 127 cm³/mol. The monoisotopic (exact) mass is 447 g/mol. The third-order valence-corrected chi connectivity index (χ3v) is 5.65. The van der Waals surface area contributed by atoms with Crippen molar-refractivity contribution in [2.45, 2.75) is 46.4 Å². The maximum atomic E-state index is 13.1. The Morgan fingerprint density at radius 2 is 1.67 bits per heavy atom. The van der Waals surface area contributed by atoms with Crippen LogP contribution in [0.2, 0.25) is 0 Å². The maximum Gasteiger partial charge on any atom is 0.370 e. The number of rotatable bonds is 9. The van der Waals surface area contributed by atoms with E-state index >= 15 is 0 Å².